The van der Waals surface area contributed by atoms with Gasteiger partial charge in [0.1, 0.15) is 0 Å². The quantitative estimate of drug-likeness (QED) is 0.853. The predicted octanol–water partition coefficient (Wildman–Crippen LogP) is 0.449. The average molecular weight is 320 g/mol. The van der Waals surface area contributed by atoms with Gasteiger partial charge < -0.3 is 15.1 Å². The number of thioether (sulfide) groups is 1. The van der Waals surface area contributed by atoms with Crippen molar-refractivity contribution < 1.29 is 4.79 Å². The molecule has 0 aliphatic carbocycles. The van der Waals surface area contributed by atoms with Gasteiger partial charge in [0, 0.05) is 38.5 Å². The number of aromatic nitrogens is 2. The third kappa shape index (κ3) is 3.16. The first kappa shape index (κ1) is 15.1. The van der Waals surface area contributed by atoms with Crippen molar-refractivity contribution in [3.8, 4) is 0 Å². The van der Waals surface area contributed by atoms with E-state index in [0.717, 1.165) is 38.5 Å². The Morgan fingerprint density at radius 3 is 2.50 bits per heavy atom. The second-order valence-corrected chi connectivity index (χ2v) is 6.79. The van der Waals surface area contributed by atoms with E-state index in [-0.39, 0.29) is 5.91 Å². The molecule has 1 fully saturated rings. The fraction of sp³-hybridized carbons (Fsp3) is 0.571. The van der Waals surface area contributed by atoms with E-state index in [1.165, 1.54) is 5.17 Å². The summed E-state index contributed by atoms with van der Waals surface area (Å²) < 4.78 is 0. The number of rotatable bonds is 2. The lowest BCUT2D eigenvalue weighted by atomic mass is 10.3. The molecule has 0 aromatic carbocycles. The summed E-state index contributed by atoms with van der Waals surface area (Å²) in [6.45, 7) is 6.80. The maximum Gasteiger partial charge on any atom is 0.271 e. The number of nitrogens with one attached hydrogen (secondary N) is 1. The van der Waals surface area contributed by atoms with Crippen LogP contribution in [-0.4, -0.2) is 71.2 Å². The molecule has 0 saturated carbocycles. The lowest BCUT2D eigenvalue weighted by Gasteiger charge is -2.36. The lowest BCUT2D eigenvalue weighted by molar-refractivity contribution is 0.0957. The van der Waals surface area contributed by atoms with Crippen LogP contribution >= 0.6 is 11.8 Å². The molecule has 2 aliphatic heterocycles. The van der Waals surface area contributed by atoms with E-state index in [1.54, 1.807) is 13.1 Å². The first-order valence-corrected chi connectivity index (χ1v) is 8.32. The van der Waals surface area contributed by atoms with E-state index < -0.39 is 0 Å². The maximum atomic E-state index is 11.5. The lowest BCUT2D eigenvalue weighted by Crippen LogP contribution is -2.48. The number of carbonyl (C=O) groups is 1. The van der Waals surface area contributed by atoms with Crippen LogP contribution in [0.3, 0.4) is 0 Å². The standard InChI is InChI=1S/C14H20N6OS/c1-10-9-16-14(22-10)20-7-5-19(6-8-20)12-4-3-11(17-18-12)13(21)15-2/h3-4,10H,5-9H2,1-2H3,(H,15,21). The number of piperazine rings is 1. The molecular formula is C14H20N6OS. The largest absolute Gasteiger partial charge is 0.354 e. The van der Waals surface area contributed by atoms with Crippen LogP contribution in [0.4, 0.5) is 5.82 Å². The fourth-order valence-corrected chi connectivity index (χ4v) is 3.50. The van der Waals surface area contributed by atoms with Crippen LogP contribution in [0.1, 0.15) is 17.4 Å². The molecule has 3 rings (SSSR count). The Kier molecular flexibility index (Phi) is 4.47. The van der Waals surface area contributed by atoms with Gasteiger partial charge in [-0.25, -0.2) is 0 Å². The Balaban J connectivity index is 1.58. The van der Waals surface area contributed by atoms with Crippen LogP contribution in [0.2, 0.25) is 0 Å². The van der Waals surface area contributed by atoms with Gasteiger partial charge in [0.05, 0.1) is 6.54 Å². The van der Waals surface area contributed by atoms with Gasteiger partial charge in [0.2, 0.25) is 0 Å². The Bertz CT molecular complexity index is 567. The summed E-state index contributed by atoms with van der Waals surface area (Å²) in [5.74, 6) is 0.607. The second kappa shape index (κ2) is 6.51. The van der Waals surface area contributed by atoms with E-state index in [2.05, 4.69) is 37.2 Å². The van der Waals surface area contributed by atoms with Crippen molar-refractivity contribution in [3.05, 3.63) is 17.8 Å². The molecule has 8 heteroatoms. The highest BCUT2D eigenvalue weighted by atomic mass is 32.2. The maximum absolute atomic E-state index is 11.5. The zero-order valence-electron chi connectivity index (χ0n) is 12.8. The SMILES string of the molecule is CNC(=O)c1ccc(N2CCN(C3=NCC(C)S3)CC2)nn1. The van der Waals surface area contributed by atoms with Crippen molar-refractivity contribution in [2.24, 2.45) is 4.99 Å². The van der Waals surface area contributed by atoms with Crippen LogP contribution in [0.25, 0.3) is 0 Å². The van der Waals surface area contributed by atoms with E-state index >= 15 is 0 Å². The van der Waals surface area contributed by atoms with Gasteiger partial charge in [-0.2, -0.15) is 0 Å². The molecule has 0 bridgehead atoms. The molecule has 22 heavy (non-hydrogen) atoms. The molecule has 1 aromatic heterocycles. The number of amides is 1. The van der Waals surface area contributed by atoms with Crippen molar-refractivity contribution in [2.45, 2.75) is 12.2 Å². The number of hydrogen-bond acceptors (Lipinski definition) is 7. The summed E-state index contributed by atoms with van der Waals surface area (Å²) in [6.07, 6.45) is 0. The number of nitrogens with zero attached hydrogens (tertiary/aromatic N) is 5. The van der Waals surface area contributed by atoms with E-state index in [4.69, 9.17) is 0 Å². The number of amidine groups is 1. The predicted molar refractivity (Wildman–Crippen MR) is 88.6 cm³/mol. The molecule has 1 unspecified atom stereocenters. The Labute approximate surface area is 134 Å². The number of aliphatic imine (C=N–C) groups is 1. The van der Waals surface area contributed by atoms with E-state index in [1.807, 2.05) is 17.8 Å². The highest BCUT2D eigenvalue weighted by molar-refractivity contribution is 8.14. The molecule has 1 atom stereocenters. The molecule has 1 saturated heterocycles. The van der Waals surface area contributed by atoms with Gasteiger partial charge in [-0.15, -0.1) is 10.2 Å². The molecule has 2 aliphatic rings. The van der Waals surface area contributed by atoms with Gasteiger partial charge in [0.15, 0.2) is 16.7 Å². The normalized spacial score (nSPS) is 21.7. The highest BCUT2D eigenvalue weighted by Crippen LogP contribution is 2.24. The van der Waals surface area contributed by atoms with Crippen LogP contribution < -0.4 is 10.2 Å². The zero-order valence-corrected chi connectivity index (χ0v) is 13.6. The Morgan fingerprint density at radius 1 is 1.23 bits per heavy atom. The molecule has 1 amide bonds. The molecule has 3 heterocycles. The molecule has 7 nitrogen and oxygen atoms in total. The molecular weight excluding hydrogens is 300 g/mol. The van der Waals surface area contributed by atoms with Crippen molar-refractivity contribution in [3.63, 3.8) is 0 Å². The second-order valence-electron chi connectivity index (χ2n) is 5.38. The summed E-state index contributed by atoms with van der Waals surface area (Å²) in [7, 11) is 1.59. The van der Waals surface area contributed by atoms with Gasteiger partial charge in [-0.3, -0.25) is 9.79 Å². The van der Waals surface area contributed by atoms with Crippen molar-refractivity contribution in [1.82, 2.24) is 20.4 Å². The summed E-state index contributed by atoms with van der Waals surface area (Å²) in [6, 6.07) is 3.57. The summed E-state index contributed by atoms with van der Waals surface area (Å²) in [5, 5.41) is 12.5. The fourth-order valence-electron chi connectivity index (χ4n) is 2.51. The van der Waals surface area contributed by atoms with Gasteiger partial charge in [0.25, 0.3) is 5.91 Å². The van der Waals surface area contributed by atoms with Crippen LogP contribution in [-0.2, 0) is 0 Å². The van der Waals surface area contributed by atoms with Crippen molar-refractivity contribution in [1.29, 1.82) is 0 Å². The summed E-state index contributed by atoms with van der Waals surface area (Å²) in [5.41, 5.74) is 0.343. The topological polar surface area (TPSA) is 73.7 Å². The van der Waals surface area contributed by atoms with E-state index in [0.29, 0.717) is 10.9 Å². The molecule has 0 radical (unpaired) electrons. The monoisotopic (exact) mass is 320 g/mol. The minimum absolute atomic E-state index is 0.214. The summed E-state index contributed by atoms with van der Waals surface area (Å²) in [4.78, 5) is 20.6. The molecule has 118 valence electrons. The third-order valence-corrected chi connectivity index (χ3v) is 4.92. The van der Waals surface area contributed by atoms with Crippen LogP contribution in [0.15, 0.2) is 17.1 Å². The number of hydrogen-bond donors (Lipinski definition) is 1. The molecule has 0 spiro atoms. The van der Waals surface area contributed by atoms with Crippen LogP contribution in [0.5, 0.6) is 0 Å². The average Bonchev–Trinajstić information content (AvgIpc) is 3.01. The molecule has 1 N–H and O–H groups in total. The first-order chi connectivity index (χ1) is 10.7. The van der Waals surface area contributed by atoms with Gasteiger partial charge in [-0.05, 0) is 12.1 Å². The third-order valence-electron chi connectivity index (χ3n) is 3.77. The van der Waals surface area contributed by atoms with Crippen LogP contribution in [0, 0.1) is 0 Å². The number of anilines is 1. The van der Waals surface area contributed by atoms with Crippen molar-refractivity contribution >= 4 is 28.7 Å². The highest BCUT2D eigenvalue weighted by Gasteiger charge is 2.25. The van der Waals surface area contributed by atoms with E-state index in [9.17, 15) is 4.79 Å². The van der Waals surface area contributed by atoms with Gasteiger partial charge >= 0.3 is 0 Å². The smallest absolute Gasteiger partial charge is 0.271 e. The number of carbonyl (C=O) groups excluding carboxylic acids is 1. The van der Waals surface area contributed by atoms with Gasteiger partial charge in [-0.1, -0.05) is 18.7 Å². The minimum atomic E-state index is -0.214. The minimum Gasteiger partial charge on any atom is -0.354 e. The Morgan fingerprint density at radius 2 is 1.95 bits per heavy atom. The Hall–Kier alpha value is -1.83. The molecule has 1 aromatic rings. The first-order valence-electron chi connectivity index (χ1n) is 7.44. The summed E-state index contributed by atoms with van der Waals surface area (Å²) >= 11 is 1.86. The zero-order chi connectivity index (χ0) is 15.5. The van der Waals surface area contributed by atoms with Crippen molar-refractivity contribution in [2.75, 3.05) is 44.7 Å².